The van der Waals surface area contributed by atoms with E-state index in [2.05, 4.69) is 42.2 Å². The molecule has 0 radical (unpaired) electrons. The van der Waals surface area contributed by atoms with Crippen molar-refractivity contribution in [1.82, 2.24) is 10.3 Å². The van der Waals surface area contributed by atoms with Crippen LogP contribution in [0.2, 0.25) is 0 Å². The number of nitrogens with zero attached hydrogens (tertiary/aromatic N) is 1. The number of nitrogens with one attached hydrogen (secondary N) is 1. The van der Waals surface area contributed by atoms with Gasteiger partial charge in [-0.05, 0) is 57.1 Å². The van der Waals surface area contributed by atoms with Gasteiger partial charge in [-0.25, -0.2) is 0 Å². The number of aromatic nitrogens is 1. The third-order valence-electron chi connectivity index (χ3n) is 3.15. The van der Waals surface area contributed by atoms with E-state index in [-0.39, 0.29) is 6.04 Å². The largest absolute Gasteiger partial charge is 0.497 e. The fourth-order valence-electron chi connectivity index (χ4n) is 2.13. The first-order chi connectivity index (χ1) is 10.1. The van der Waals surface area contributed by atoms with Gasteiger partial charge in [0.15, 0.2) is 0 Å². The first kappa shape index (κ1) is 16.3. The Balaban J connectivity index is 2.50. The van der Waals surface area contributed by atoms with Crippen LogP contribution in [-0.2, 0) is 0 Å². The average Bonchev–Trinajstić information content (AvgIpc) is 2.50. The van der Waals surface area contributed by atoms with Gasteiger partial charge in [0, 0.05) is 26.8 Å². The molecule has 6 heteroatoms. The van der Waals surface area contributed by atoms with Gasteiger partial charge in [-0.1, -0.05) is 0 Å². The van der Waals surface area contributed by atoms with Gasteiger partial charge in [-0.2, -0.15) is 0 Å². The van der Waals surface area contributed by atoms with Crippen LogP contribution in [0.15, 0.2) is 39.4 Å². The molecule has 1 aromatic heterocycles. The highest BCUT2D eigenvalue weighted by Crippen LogP contribution is 2.35. The molecule has 0 fully saturated rings. The summed E-state index contributed by atoms with van der Waals surface area (Å²) in [6, 6.07) is 7.65. The molecule has 0 spiro atoms. The third-order valence-corrected chi connectivity index (χ3v) is 4.22. The van der Waals surface area contributed by atoms with Crippen LogP contribution in [0.25, 0.3) is 0 Å². The summed E-state index contributed by atoms with van der Waals surface area (Å²) < 4.78 is 12.6. The van der Waals surface area contributed by atoms with E-state index in [1.165, 1.54) is 0 Å². The number of halogens is 2. The van der Waals surface area contributed by atoms with Gasteiger partial charge in [-0.3, -0.25) is 4.98 Å². The second-order valence-electron chi connectivity index (χ2n) is 4.35. The highest BCUT2D eigenvalue weighted by Gasteiger charge is 2.21. The van der Waals surface area contributed by atoms with E-state index in [0.717, 1.165) is 31.7 Å². The van der Waals surface area contributed by atoms with Crippen molar-refractivity contribution in [1.29, 1.82) is 0 Å². The van der Waals surface area contributed by atoms with E-state index in [1.54, 1.807) is 20.4 Å². The second kappa shape index (κ2) is 7.24. The lowest BCUT2D eigenvalue weighted by atomic mass is 10.0. The Morgan fingerprint density at radius 2 is 1.90 bits per heavy atom. The van der Waals surface area contributed by atoms with Crippen LogP contribution < -0.4 is 14.8 Å². The number of ether oxygens (including phenoxy) is 2. The number of methoxy groups -OCH3 is 2. The topological polar surface area (TPSA) is 43.4 Å². The Bertz CT molecular complexity index is 635. The van der Waals surface area contributed by atoms with Crippen LogP contribution in [0.5, 0.6) is 11.5 Å². The molecule has 0 amide bonds. The molecule has 2 rings (SSSR count). The maximum Gasteiger partial charge on any atom is 0.127 e. The molecule has 1 aromatic carbocycles. The van der Waals surface area contributed by atoms with Crippen molar-refractivity contribution in [3.63, 3.8) is 0 Å². The molecule has 0 saturated carbocycles. The Morgan fingerprint density at radius 1 is 1.14 bits per heavy atom. The van der Waals surface area contributed by atoms with E-state index in [0.29, 0.717) is 0 Å². The van der Waals surface area contributed by atoms with Crippen molar-refractivity contribution in [3.05, 3.63) is 50.7 Å². The van der Waals surface area contributed by atoms with E-state index in [1.807, 2.05) is 31.3 Å². The van der Waals surface area contributed by atoms with Gasteiger partial charge in [0.25, 0.3) is 0 Å². The summed E-state index contributed by atoms with van der Waals surface area (Å²) >= 11 is 6.98. The smallest absolute Gasteiger partial charge is 0.127 e. The van der Waals surface area contributed by atoms with Gasteiger partial charge < -0.3 is 14.8 Å². The van der Waals surface area contributed by atoms with E-state index < -0.39 is 0 Å². The quantitative estimate of drug-likeness (QED) is 0.803. The van der Waals surface area contributed by atoms with Crippen molar-refractivity contribution in [2.45, 2.75) is 6.04 Å². The van der Waals surface area contributed by atoms with Crippen LogP contribution >= 0.6 is 31.9 Å². The first-order valence-corrected chi connectivity index (χ1v) is 7.89. The van der Waals surface area contributed by atoms with Crippen LogP contribution in [0, 0.1) is 0 Å². The Kier molecular flexibility index (Phi) is 5.61. The number of rotatable bonds is 5. The summed E-state index contributed by atoms with van der Waals surface area (Å²) in [4.78, 5) is 4.50. The molecular formula is C15H16Br2N2O2. The van der Waals surface area contributed by atoms with Gasteiger partial charge >= 0.3 is 0 Å². The lowest BCUT2D eigenvalue weighted by Crippen LogP contribution is -2.20. The van der Waals surface area contributed by atoms with E-state index in [4.69, 9.17) is 9.47 Å². The normalized spacial score (nSPS) is 12.0. The molecule has 1 atom stereocenters. The minimum atomic E-state index is -0.0895. The fourth-order valence-corrected chi connectivity index (χ4v) is 3.35. The van der Waals surface area contributed by atoms with Crippen molar-refractivity contribution in [2.24, 2.45) is 0 Å². The Morgan fingerprint density at radius 3 is 2.48 bits per heavy atom. The average molecular weight is 416 g/mol. The number of hydrogen-bond acceptors (Lipinski definition) is 4. The molecule has 0 aliphatic carbocycles. The number of hydrogen-bond donors (Lipinski definition) is 1. The van der Waals surface area contributed by atoms with Gasteiger partial charge in [0.05, 0.1) is 26.0 Å². The zero-order valence-corrected chi connectivity index (χ0v) is 15.2. The summed E-state index contributed by atoms with van der Waals surface area (Å²) in [6.07, 6.45) is 1.78. The van der Waals surface area contributed by atoms with Crippen LogP contribution in [0.3, 0.4) is 0 Å². The second-order valence-corrected chi connectivity index (χ2v) is 6.12. The number of benzene rings is 1. The molecule has 0 aliphatic heterocycles. The Hall–Kier alpha value is -1.11. The molecule has 21 heavy (non-hydrogen) atoms. The molecule has 0 bridgehead atoms. The molecule has 4 nitrogen and oxygen atoms in total. The summed E-state index contributed by atoms with van der Waals surface area (Å²) in [5.74, 6) is 1.51. The summed E-state index contributed by atoms with van der Waals surface area (Å²) in [6.45, 7) is 0. The van der Waals surface area contributed by atoms with E-state index in [9.17, 15) is 0 Å². The van der Waals surface area contributed by atoms with Crippen molar-refractivity contribution in [2.75, 3.05) is 21.3 Å². The van der Waals surface area contributed by atoms with Crippen LogP contribution in [0.4, 0.5) is 0 Å². The maximum atomic E-state index is 5.48. The van der Waals surface area contributed by atoms with Crippen molar-refractivity contribution >= 4 is 31.9 Å². The molecule has 1 N–H and O–H groups in total. The van der Waals surface area contributed by atoms with Gasteiger partial charge in [0.2, 0.25) is 0 Å². The number of pyridine rings is 1. The monoisotopic (exact) mass is 414 g/mol. The highest BCUT2D eigenvalue weighted by atomic mass is 79.9. The zero-order valence-electron chi connectivity index (χ0n) is 12.0. The van der Waals surface area contributed by atoms with E-state index >= 15 is 0 Å². The van der Waals surface area contributed by atoms with Crippen molar-refractivity contribution in [3.8, 4) is 11.5 Å². The van der Waals surface area contributed by atoms with Crippen molar-refractivity contribution < 1.29 is 9.47 Å². The predicted octanol–water partition coefficient (Wildman–Crippen LogP) is 3.93. The summed E-state index contributed by atoms with van der Waals surface area (Å²) in [7, 11) is 5.18. The lowest BCUT2D eigenvalue weighted by Gasteiger charge is -2.20. The molecule has 0 aliphatic rings. The van der Waals surface area contributed by atoms with Crippen LogP contribution in [0.1, 0.15) is 17.3 Å². The molecular weight excluding hydrogens is 400 g/mol. The minimum Gasteiger partial charge on any atom is -0.497 e. The van der Waals surface area contributed by atoms with Gasteiger partial charge in [0.1, 0.15) is 11.5 Å². The SMILES string of the molecule is CNC(c1ccc(OC)cc1OC)c1ncc(Br)cc1Br. The first-order valence-electron chi connectivity index (χ1n) is 6.30. The van der Waals surface area contributed by atoms with Gasteiger partial charge in [-0.15, -0.1) is 0 Å². The zero-order chi connectivity index (χ0) is 15.4. The third kappa shape index (κ3) is 3.56. The maximum absolute atomic E-state index is 5.48. The molecule has 0 saturated heterocycles. The molecule has 112 valence electrons. The minimum absolute atomic E-state index is 0.0895. The Labute approximate surface area is 141 Å². The molecule has 1 unspecified atom stereocenters. The molecule has 1 heterocycles. The molecule has 2 aromatic rings. The summed E-state index contributed by atoms with van der Waals surface area (Å²) in [5.41, 5.74) is 1.89. The standard InChI is InChI=1S/C15H16Br2N2O2/c1-18-14(15-12(17)6-9(16)8-19-15)11-5-4-10(20-2)7-13(11)21-3/h4-8,14,18H,1-3H3. The summed E-state index contributed by atoms with van der Waals surface area (Å²) in [5, 5.41) is 3.28. The van der Waals surface area contributed by atoms with Crippen LogP contribution in [-0.4, -0.2) is 26.3 Å². The highest BCUT2D eigenvalue weighted by molar-refractivity contribution is 9.11. The fraction of sp³-hybridized carbons (Fsp3) is 0.267. The lowest BCUT2D eigenvalue weighted by molar-refractivity contribution is 0.388. The predicted molar refractivity (Wildman–Crippen MR) is 90.1 cm³/mol.